The van der Waals surface area contributed by atoms with Gasteiger partial charge in [-0.25, -0.2) is 14.1 Å². The van der Waals surface area contributed by atoms with E-state index < -0.39 is 5.82 Å². The second-order valence-corrected chi connectivity index (χ2v) is 11.4. The van der Waals surface area contributed by atoms with Crippen molar-refractivity contribution in [2.75, 3.05) is 19.6 Å². The van der Waals surface area contributed by atoms with Gasteiger partial charge in [0.2, 0.25) is 5.13 Å². The molecular weight excluding hydrogens is 569 g/mol. The zero-order chi connectivity index (χ0) is 27.0. The van der Waals surface area contributed by atoms with Crippen molar-refractivity contribution in [1.82, 2.24) is 24.6 Å². The molecule has 4 aromatic rings. The topological polar surface area (TPSA) is 71.3 Å². The Morgan fingerprint density at radius 2 is 1.79 bits per heavy atom. The van der Waals surface area contributed by atoms with E-state index in [1.54, 1.807) is 32.8 Å². The molecule has 3 heterocycles. The molecule has 1 fully saturated rings. The van der Waals surface area contributed by atoms with Crippen LogP contribution in [0, 0.1) is 5.82 Å². The van der Waals surface area contributed by atoms with Gasteiger partial charge < -0.3 is 9.80 Å². The Balaban J connectivity index is 1.36. The molecule has 1 atom stereocenters. The molecule has 38 heavy (non-hydrogen) atoms. The Morgan fingerprint density at radius 3 is 2.47 bits per heavy atom. The molecule has 196 valence electrons. The van der Waals surface area contributed by atoms with Crippen LogP contribution in [0.4, 0.5) is 4.39 Å². The van der Waals surface area contributed by atoms with Gasteiger partial charge in [-0.3, -0.25) is 9.59 Å². The molecule has 0 saturated carbocycles. The molecular formula is C28H27BrFN5O2S. The van der Waals surface area contributed by atoms with Gasteiger partial charge in [0.05, 0.1) is 28.7 Å². The average molecular weight is 597 g/mol. The molecule has 2 aromatic heterocycles. The fourth-order valence-corrected chi connectivity index (χ4v) is 5.82. The Hall–Kier alpha value is -3.37. The van der Waals surface area contributed by atoms with Crippen LogP contribution in [0.15, 0.2) is 64.6 Å². The molecule has 0 spiro atoms. The summed E-state index contributed by atoms with van der Waals surface area (Å²) in [5, 5.41) is 7.24. The number of nitrogens with zero attached hydrogens (tertiary/aromatic N) is 5. The summed E-state index contributed by atoms with van der Waals surface area (Å²) in [5.74, 6) is -1.00. The van der Waals surface area contributed by atoms with Crippen molar-refractivity contribution >= 4 is 39.1 Å². The highest BCUT2D eigenvalue weighted by Crippen LogP contribution is 2.30. The van der Waals surface area contributed by atoms with Crippen molar-refractivity contribution in [3.05, 3.63) is 87.2 Å². The molecule has 2 amide bonds. The van der Waals surface area contributed by atoms with Crippen LogP contribution in [0.5, 0.6) is 0 Å². The molecule has 0 N–H and O–H groups in total. The molecule has 1 unspecified atom stereocenters. The minimum absolute atomic E-state index is 0.0258. The molecule has 10 heteroatoms. The van der Waals surface area contributed by atoms with Crippen molar-refractivity contribution in [3.63, 3.8) is 0 Å². The van der Waals surface area contributed by atoms with E-state index in [1.807, 2.05) is 50.4 Å². The van der Waals surface area contributed by atoms with Crippen LogP contribution in [0.2, 0.25) is 0 Å². The Morgan fingerprint density at radius 1 is 1.05 bits per heavy atom. The Bertz CT molecular complexity index is 1480. The first-order valence-electron chi connectivity index (χ1n) is 12.4. The van der Waals surface area contributed by atoms with Crippen LogP contribution in [-0.2, 0) is 0 Å². The number of carbonyl (C=O) groups is 2. The van der Waals surface area contributed by atoms with Gasteiger partial charge >= 0.3 is 0 Å². The number of aromatic nitrogens is 3. The predicted octanol–water partition coefficient (Wildman–Crippen LogP) is 6.01. The lowest BCUT2D eigenvalue weighted by atomic mass is 10.0. The first kappa shape index (κ1) is 26.2. The van der Waals surface area contributed by atoms with Crippen LogP contribution in [0.1, 0.15) is 53.1 Å². The maximum atomic E-state index is 14.2. The number of piperazine rings is 1. The third-order valence-corrected chi connectivity index (χ3v) is 8.02. The number of benzene rings is 2. The largest absolute Gasteiger partial charge is 0.335 e. The van der Waals surface area contributed by atoms with E-state index in [-0.39, 0.29) is 29.3 Å². The lowest BCUT2D eigenvalue weighted by molar-refractivity contribution is 0.0410. The first-order chi connectivity index (χ1) is 18.2. The predicted molar refractivity (Wildman–Crippen MR) is 149 cm³/mol. The van der Waals surface area contributed by atoms with Crippen molar-refractivity contribution < 1.29 is 14.0 Å². The van der Waals surface area contributed by atoms with Crippen molar-refractivity contribution in [2.45, 2.75) is 32.7 Å². The van der Waals surface area contributed by atoms with Crippen LogP contribution in [-0.4, -0.2) is 62.1 Å². The molecule has 2 aromatic carbocycles. The van der Waals surface area contributed by atoms with Gasteiger partial charge in [0.15, 0.2) is 0 Å². The van der Waals surface area contributed by atoms with Crippen LogP contribution >= 0.6 is 27.3 Å². The van der Waals surface area contributed by atoms with Crippen LogP contribution in [0.25, 0.3) is 16.4 Å². The second kappa shape index (κ2) is 10.8. The fourth-order valence-electron chi connectivity index (χ4n) is 4.75. The highest BCUT2D eigenvalue weighted by Gasteiger charge is 2.33. The molecule has 0 aliphatic carbocycles. The summed E-state index contributed by atoms with van der Waals surface area (Å²) < 4.78 is 17.0. The van der Waals surface area contributed by atoms with Gasteiger partial charge in [0, 0.05) is 41.1 Å². The van der Waals surface area contributed by atoms with Crippen LogP contribution in [0.3, 0.4) is 0 Å². The number of halogens is 2. The zero-order valence-electron chi connectivity index (χ0n) is 21.3. The summed E-state index contributed by atoms with van der Waals surface area (Å²) in [4.78, 5) is 34.8. The van der Waals surface area contributed by atoms with E-state index in [9.17, 15) is 14.0 Å². The molecule has 1 saturated heterocycles. The molecule has 1 aliphatic rings. The fraction of sp³-hybridized carbons (Fsp3) is 0.286. The lowest BCUT2D eigenvalue weighted by Gasteiger charge is -2.40. The SMILES string of the molecule is CC(C)c1c(C(=O)N2CCN(C(=O)c3ccccc3F)C(C)C2)cnn1-c1nc(-c2ccc(Br)cc2)cs1. The normalized spacial score (nSPS) is 15.8. The molecule has 1 aliphatic heterocycles. The third kappa shape index (κ3) is 5.02. The summed E-state index contributed by atoms with van der Waals surface area (Å²) in [6.07, 6.45) is 1.61. The van der Waals surface area contributed by atoms with E-state index in [4.69, 9.17) is 4.98 Å². The van der Waals surface area contributed by atoms with Crippen LogP contribution < -0.4 is 0 Å². The molecule has 0 radical (unpaired) electrons. The number of thiazole rings is 1. The van der Waals surface area contributed by atoms with E-state index >= 15 is 0 Å². The Kier molecular flexibility index (Phi) is 7.45. The summed E-state index contributed by atoms with van der Waals surface area (Å²) in [7, 11) is 0. The standard InChI is InChI=1S/C28H27BrFN5O2S/c1-17(2)25-22(14-31-35(25)28-32-24(16-38-28)19-8-10-20(29)11-9-19)26(36)33-12-13-34(18(3)15-33)27(37)21-6-4-5-7-23(21)30/h4-11,14,16-18H,12-13,15H2,1-3H3. The molecule has 5 rings (SSSR count). The number of hydrogen-bond donors (Lipinski definition) is 0. The highest BCUT2D eigenvalue weighted by molar-refractivity contribution is 9.10. The maximum Gasteiger partial charge on any atom is 0.257 e. The van der Waals surface area contributed by atoms with Gasteiger partial charge in [0.25, 0.3) is 11.8 Å². The minimum atomic E-state index is -0.539. The average Bonchev–Trinajstić information content (AvgIpc) is 3.56. The van der Waals surface area contributed by atoms with Gasteiger partial charge in [-0.05, 0) is 37.1 Å². The lowest BCUT2D eigenvalue weighted by Crippen LogP contribution is -2.55. The highest BCUT2D eigenvalue weighted by atomic mass is 79.9. The molecule has 7 nitrogen and oxygen atoms in total. The smallest absolute Gasteiger partial charge is 0.257 e. The van der Waals surface area contributed by atoms with E-state index in [0.717, 1.165) is 21.4 Å². The summed E-state index contributed by atoms with van der Waals surface area (Å²) in [6, 6.07) is 13.7. The monoisotopic (exact) mass is 595 g/mol. The van der Waals surface area contributed by atoms with Gasteiger partial charge in [-0.15, -0.1) is 11.3 Å². The van der Waals surface area contributed by atoms with Gasteiger partial charge in [0.1, 0.15) is 5.82 Å². The first-order valence-corrected chi connectivity index (χ1v) is 14.1. The quantitative estimate of drug-likeness (QED) is 0.283. The van der Waals surface area contributed by atoms with Crippen molar-refractivity contribution in [1.29, 1.82) is 0 Å². The van der Waals surface area contributed by atoms with Crippen molar-refractivity contribution in [3.8, 4) is 16.4 Å². The molecule has 0 bridgehead atoms. The van der Waals surface area contributed by atoms with Crippen molar-refractivity contribution in [2.24, 2.45) is 0 Å². The van der Waals surface area contributed by atoms with E-state index in [1.165, 1.54) is 23.5 Å². The number of hydrogen-bond acceptors (Lipinski definition) is 5. The van der Waals surface area contributed by atoms with E-state index in [2.05, 4.69) is 21.0 Å². The van der Waals surface area contributed by atoms with Gasteiger partial charge in [-0.1, -0.05) is 54.0 Å². The summed E-state index contributed by atoms with van der Waals surface area (Å²) in [5.41, 5.74) is 3.22. The number of rotatable bonds is 5. The minimum Gasteiger partial charge on any atom is -0.335 e. The maximum absolute atomic E-state index is 14.2. The number of amides is 2. The summed E-state index contributed by atoms with van der Waals surface area (Å²) >= 11 is 4.93. The summed E-state index contributed by atoms with van der Waals surface area (Å²) in [6.45, 7) is 6.98. The zero-order valence-corrected chi connectivity index (χ0v) is 23.7. The second-order valence-electron chi connectivity index (χ2n) is 9.61. The number of carbonyl (C=O) groups excluding carboxylic acids is 2. The van der Waals surface area contributed by atoms with Gasteiger partial charge in [-0.2, -0.15) is 5.10 Å². The van der Waals surface area contributed by atoms with E-state index in [0.29, 0.717) is 30.3 Å². The Labute approximate surface area is 233 Å². The third-order valence-electron chi connectivity index (χ3n) is 6.68.